The number of halogens is 1. The van der Waals surface area contributed by atoms with Crippen molar-refractivity contribution in [2.75, 3.05) is 43.1 Å². The fourth-order valence-electron chi connectivity index (χ4n) is 3.91. The summed E-state index contributed by atoms with van der Waals surface area (Å²) in [6.07, 6.45) is 3.42. The van der Waals surface area contributed by atoms with Gasteiger partial charge in [-0.2, -0.15) is 5.10 Å². The van der Waals surface area contributed by atoms with Gasteiger partial charge in [-0.15, -0.1) is 0 Å². The summed E-state index contributed by atoms with van der Waals surface area (Å²) in [5.41, 5.74) is 2.66. The fraction of sp³-hybridized carbons (Fsp3) is 0.227. The first kappa shape index (κ1) is 18.4. The van der Waals surface area contributed by atoms with Gasteiger partial charge < -0.3 is 14.5 Å². The van der Waals surface area contributed by atoms with E-state index < -0.39 is 0 Å². The van der Waals surface area contributed by atoms with Crippen LogP contribution in [0.2, 0.25) is 0 Å². The molecule has 5 rings (SSSR count). The Bertz CT molecular complexity index is 1170. The SMILES string of the molecule is COc1cc(F)ccc1N1CCN(c2ncnc3c2cnn3-c2ccccc2)CC1. The summed E-state index contributed by atoms with van der Waals surface area (Å²) in [6.45, 7) is 3.12. The minimum atomic E-state index is -0.298. The summed E-state index contributed by atoms with van der Waals surface area (Å²) in [5, 5.41) is 5.46. The lowest BCUT2D eigenvalue weighted by Gasteiger charge is -2.37. The highest BCUT2D eigenvalue weighted by Crippen LogP contribution is 2.31. The van der Waals surface area contributed by atoms with E-state index >= 15 is 0 Å². The average Bonchev–Trinajstić information content (AvgIpc) is 3.24. The summed E-state index contributed by atoms with van der Waals surface area (Å²) in [5.74, 6) is 1.14. The molecule has 8 heteroatoms. The molecule has 0 N–H and O–H groups in total. The molecular weight excluding hydrogens is 383 g/mol. The Morgan fingerprint density at radius 3 is 2.47 bits per heavy atom. The summed E-state index contributed by atoms with van der Waals surface area (Å²) < 4.78 is 20.7. The van der Waals surface area contributed by atoms with E-state index in [4.69, 9.17) is 4.74 Å². The summed E-state index contributed by atoms with van der Waals surface area (Å²) in [7, 11) is 1.57. The highest BCUT2D eigenvalue weighted by Gasteiger charge is 2.23. The van der Waals surface area contributed by atoms with Gasteiger partial charge in [-0.05, 0) is 24.3 Å². The number of ether oxygens (including phenoxy) is 1. The topological polar surface area (TPSA) is 59.3 Å². The van der Waals surface area contributed by atoms with E-state index in [2.05, 4.69) is 24.9 Å². The lowest BCUT2D eigenvalue weighted by Crippen LogP contribution is -2.47. The Hall–Kier alpha value is -3.68. The quantitative estimate of drug-likeness (QED) is 0.520. The molecule has 1 aliphatic heterocycles. The molecule has 0 atom stereocenters. The Labute approximate surface area is 173 Å². The minimum Gasteiger partial charge on any atom is -0.494 e. The van der Waals surface area contributed by atoms with E-state index in [1.54, 1.807) is 19.5 Å². The molecule has 1 aliphatic rings. The largest absolute Gasteiger partial charge is 0.494 e. The third kappa shape index (κ3) is 3.20. The zero-order chi connectivity index (χ0) is 20.5. The van der Waals surface area contributed by atoms with E-state index in [0.717, 1.165) is 54.4 Å². The van der Waals surface area contributed by atoms with Crippen LogP contribution in [-0.4, -0.2) is 53.0 Å². The lowest BCUT2D eigenvalue weighted by atomic mass is 10.2. The molecular formula is C22H21FN6O. The van der Waals surface area contributed by atoms with Crippen LogP contribution >= 0.6 is 0 Å². The van der Waals surface area contributed by atoms with Gasteiger partial charge >= 0.3 is 0 Å². The molecule has 0 saturated carbocycles. The molecule has 0 amide bonds. The Kier molecular flexibility index (Phi) is 4.66. The van der Waals surface area contributed by atoms with E-state index in [1.807, 2.05) is 41.2 Å². The van der Waals surface area contributed by atoms with Gasteiger partial charge in [0.2, 0.25) is 0 Å². The van der Waals surface area contributed by atoms with Crippen LogP contribution in [0.3, 0.4) is 0 Å². The van der Waals surface area contributed by atoms with Gasteiger partial charge in [0, 0.05) is 32.2 Å². The lowest BCUT2D eigenvalue weighted by molar-refractivity contribution is 0.410. The molecule has 2 aromatic carbocycles. The van der Waals surface area contributed by atoms with E-state index in [9.17, 15) is 4.39 Å². The molecule has 4 aromatic rings. The number of aromatic nitrogens is 4. The van der Waals surface area contributed by atoms with Crippen molar-refractivity contribution < 1.29 is 9.13 Å². The fourth-order valence-corrected chi connectivity index (χ4v) is 3.91. The Morgan fingerprint density at radius 1 is 0.933 bits per heavy atom. The Morgan fingerprint density at radius 2 is 1.70 bits per heavy atom. The number of anilines is 2. The van der Waals surface area contributed by atoms with Crippen molar-refractivity contribution in [3.05, 3.63) is 66.9 Å². The molecule has 2 aromatic heterocycles. The number of nitrogens with zero attached hydrogens (tertiary/aromatic N) is 6. The average molecular weight is 404 g/mol. The van der Waals surface area contributed by atoms with Gasteiger partial charge in [-0.3, -0.25) is 0 Å². The molecule has 1 saturated heterocycles. The molecule has 0 aliphatic carbocycles. The van der Waals surface area contributed by atoms with E-state index in [-0.39, 0.29) is 5.82 Å². The second-order valence-corrected chi connectivity index (χ2v) is 7.12. The third-order valence-electron chi connectivity index (χ3n) is 5.41. The zero-order valence-electron chi connectivity index (χ0n) is 16.6. The van der Waals surface area contributed by atoms with Crippen molar-refractivity contribution in [1.29, 1.82) is 0 Å². The second kappa shape index (κ2) is 7.62. The molecule has 1 fully saturated rings. The van der Waals surface area contributed by atoms with Crippen molar-refractivity contribution in [2.24, 2.45) is 0 Å². The second-order valence-electron chi connectivity index (χ2n) is 7.12. The molecule has 3 heterocycles. The molecule has 7 nitrogen and oxygen atoms in total. The van der Waals surface area contributed by atoms with Crippen LogP contribution in [0, 0.1) is 5.82 Å². The smallest absolute Gasteiger partial charge is 0.168 e. The first-order chi connectivity index (χ1) is 14.7. The van der Waals surface area contributed by atoms with Crippen molar-refractivity contribution in [1.82, 2.24) is 19.7 Å². The van der Waals surface area contributed by atoms with Crippen LogP contribution in [0.4, 0.5) is 15.9 Å². The van der Waals surface area contributed by atoms with Crippen molar-refractivity contribution in [3.63, 3.8) is 0 Å². The highest BCUT2D eigenvalue weighted by atomic mass is 19.1. The van der Waals surface area contributed by atoms with Crippen LogP contribution < -0.4 is 14.5 Å². The maximum atomic E-state index is 13.5. The predicted molar refractivity (Wildman–Crippen MR) is 114 cm³/mol. The number of para-hydroxylation sites is 1. The number of hydrogen-bond acceptors (Lipinski definition) is 6. The number of rotatable bonds is 4. The van der Waals surface area contributed by atoms with Gasteiger partial charge in [0.15, 0.2) is 5.65 Å². The Balaban J connectivity index is 1.40. The minimum absolute atomic E-state index is 0.298. The first-order valence-corrected chi connectivity index (χ1v) is 9.82. The van der Waals surface area contributed by atoms with Crippen molar-refractivity contribution in [3.8, 4) is 11.4 Å². The van der Waals surface area contributed by atoms with Gasteiger partial charge in [-0.1, -0.05) is 18.2 Å². The number of benzene rings is 2. The van der Waals surface area contributed by atoms with Gasteiger partial charge in [-0.25, -0.2) is 19.0 Å². The van der Waals surface area contributed by atoms with Crippen LogP contribution in [-0.2, 0) is 0 Å². The van der Waals surface area contributed by atoms with Crippen LogP contribution in [0.25, 0.3) is 16.7 Å². The highest BCUT2D eigenvalue weighted by molar-refractivity contribution is 5.87. The standard InChI is InChI=1S/C22H21FN6O/c1-30-20-13-16(23)7-8-19(20)27-9-11-28(12-10-27)21-18-14-26-29(22(18)25-15-24-21)17-5-3-2-4-6-17/h2-8,13-15H,9-12H2,1H3. The van der Waals surface area contributed by atoms with Gasteiger partial charge in [0.1, 0.15) is 23.7 Å². The molecule has 0 unspecified atom stereocenters. The maximum absolute atomic E-state index is 13.5. The molecule has 152 valence electrons. The van der Waals surface area contributed by atoms with Crippen LogP contribution in [0.15, 0.2) is 61.1 Å². The maximum Gasteiger partial charge on any atom is 0.168 e. The van der Waals surface area contributed by atoms with E-state index in [0.29, 0.717) is 5.75 Å². The summed E-state index contributed by atoms with van der Waals surface area (Å²) in [6, 6.07) is 14.6. The third-order valence-corrected chi connectivity index (χ3v) is 5.41. The monoisotopic (exact) mass is 404 g/mol. The number of fused-ring (bicyclic) bond motifs is 1. The van der Waals surface area contributed by atoms with Crippen molar-refractivity contribution >= 4 is 22.5 Å². The molecule has 30 heavy (non-hydrogen) atoms. The van der Waals surface area contributed by atoms with Gasteiger partial charge in [0.25, 0.3) is 0 Å². The first-order valence-electron chi connectivity index (χ1n) is 9.82. The molecule has 0 bridgehead atoms. The number of hydrogen-bond donors (Lipinski definition) is 0. The predicted octanol–water partition coefficient (Wildman–Crippen LogP) is 3.29. The van der Waals surface area contributed by atoms with E-state index in [1.165, 1.54) is 12.1 Å². The van der Waals surface area contributed by atoms with Crippen molar-refractivity contribution in [2.45, 2.75) is 0 Å². The van der Waals surface area contributed by atoms with Crippen LogP contribution in [0.5, 0.6) is 5.75 Å². The molecule has 0 spiro atoms. The zero-order valence-corrected chi connectivity index (χ0v) is 16.6. The van der Waals surface area contributed by atoms with Gasteiger partial charge in [0.05, 0.1) is 30.1 Å². The number of methoxy groups -OCH3 is 1. The number of piperazine rings is 1. The molecule has 0 radical (unpaired) electrons. The summed E-state index contributed by atoms with van der Waals surface area (Å²) in [4.78, 5) is 13.5. The van der Waals surface area contributed by atoms with Crippen LogP contribution in [0.1, 0.15) is 0 Å². The summed E-state index contributed by atoms with van der Waals surface area (Å²) >= 11 is 0. The normalized spacial score (nSPS) is 14.3.